The largest absolute Gasteiger partial charge is 0.411 e. The van der Waals surface area contributed by atoms with E-state index in [1.165, 1.54) is 17.3 Å². The number of rotatable bonds is 5. The molecular formula is C19H14BrN3OS2. The highest BCUT2D eigenvalue weighted by molar-refractivity contribution is 9.10. The van der Waals surface area contributed by atoms with Crippen LogP contribution in [-0.4, -0.2) is 15.2 Å². The molecule has 2 aromatic heterocycles. The zero-order valence-corrected chi connectivity index (χ0v) is 17.1. The lowest BCUT2D eigenvalue weighted by molar-refractivity contribution is 0.465. The van der Waals surface area contributed by atoms with Crippen molar-refractivity contribution < 1.29 is 4.42 Å². The first-order chi connectivity index (χ1) is 12.7. The molecule has 0 atom stereocenters. The van der Waals surface area contributed by atoms with E-state index < -0.39 is 0 Å². The Kier molecular flexibility index (Phi) is 5.19. The van der Waals surface area contributed by atoms with Crippen molar-refractivity contribution in [3.05, 3.63) is 69.6 Å². The molecule has 0 N–H and O–H groups in total. The Morgan fingerprint density at radius 1 is 1.08 bits per heavy atom. The van der Waals surface area contributed by atoms with Crippen LogP contribution in [0.4, 0.5) is 0 Å². The Morgan fingerprint density at radius 3 is 2.69 bits per heavy atom. The van der Waals surface area contributed by atoms with E-state index in [1.807, 2.05) is 24.3 Å². The molecule has 0 unspecified atom stereocenters. The van der Waals surface area contributed by atoms with Crippen LogP contribution in [0.2, 0.25) is 0 Å². The van der Waals surface area contributed by atoms with E-state index in [9.17, 15) is 0 Å². The molecule has 0 saturated carbocycles. The fourth-order valence-electron chi connectivity index (χ4n) is 2.35. The van der Waals surface area contributed by atoms with E-state index in [0.29, 0.717) is 16.9 Å². The molecule has 26 heavy (non-hydrogen) atoms. The molecule has 130 valence electrons. The maximum absolute atomic E-state index is 5.76. The van der Waals surface area contributed by atoms with Gasteiger partial charge in [0, 0.05) is 21.2 Å². The summed E-state index contributed by atoms with van der Waals surface area (Å²) in [6.07, 6.45) is 0. The third kappa shape index (κ3) is 3.90. The summed E-state index contributed by atoms with van der Waals surface area (Å²) in [4.78, 5) is 4.70. The first-order valence-corrected chi connectivity index (χ1v) is 10.6. The smallest absolute Gasteiger partial charge is 0.277 e. The fraction of sp³-hybridized carbons (Fsp3) is 0.105. The minimum absolute atomic E-state index is 0.513. The quantitative estimate of drug-likeness (QED) is 0.342. The summed E-state index contributed by atoms with van der Waals surface area (Å²) in [5.41, 5.74) is 4.29. The summed E-state index contributed by atoms with van der Waals surface area (Å²) in [6, 6.07) is 16.2. The van der Waals surface area contributed by atoms with Crippen LogP contribution in [0, 0.1) is 6.92 Å². The van der Waals surface area contributed by atoms with Gasteiger partial charge in [-0.05, 0) is 35.0 Å². The highest BCUT2D eigenvalue weighted by Gasteiger charge is 2.12. The van der Waals surface area contributed by atoms with E-state index in [1.54, 1.807) is 11.3 Å². The molecule has 0 bridgehead atoms. The van der Waals surface area contributed by atoms with Crippen molar-refractivity contribution >= 4 is 39.0 Å². The number of thiazole rings is 1. The second-order valence-electron chi connectivity index (χ2n) is 5.65. The first kappa shape index (κ1) is 17.5. The van der Waals surface area contributed by atoms with Crippen LogP contribution in [-0.2, 0) is 5.75 Å². The Labute approximate surface area is 167 Å². The standard InChI is InChI=1S/C19H14BrN3OS2/c1-12-6-8-13(9-7-12)18-21-14(10-25-18)11-26-19-23-22-17(24-19)15-4-2-3-5-16(15)20/h2-10H,11H2,1H3. The summed E-state index contributed by atoms with van der Waals surface area (Å²) < 4.78 is 6.70. The van der Waals surface area contributed by atoms with Gasteiger partial charge in [-0.1, -0.05) is 53.7 Å². The summed E-state index contributed by atoms with van der Waals surface area (Å²) in [7, 11) is 0. The molecule has 2 aromatic carbocycles. The molecule has 4 nitrogen and oxygen atoms in total. The third-order valence-corrected chi connectivity index (χ3v) is 6.19. The molecule has 4 aromatic rings. The molecule has 0 aliphatic rings. The third-order valence-electron chi connectivity index (χ3n) is 3.70. The van der Waals surface area contributed by atoms with Crippen LogP contribution in [0.5, 0.6) is 0 Å². The lowest BCUT2D eigenvalue weighted by Gasteiger charge is -1.97. The second kappa shape index (κ2) is 7.73. The van der Waals surface area contributed by atoms with E-state index in [-0.39, 0.29) is 0 Å². The number of hydrogen-bond acceptors (Lipinski definition) is 6. The van der Waals surface area contributed by atoms with Crippen LogP contribution < -0.4 is 0 Å². The Morgan fingerprint density at radius 2 is 1.88 bits per heavy atom. The molecule has 0 aliphatic carbocycles. The monoisotopic (exact) mass is 443 g/mol. The lowest BCUT2D eigenvalue weighted by Crippen LogP contribution is -1.82. The maximum Gasteiger partial charge on any atom is 0.277 e. The number of halogens is 1. The average molecular weight is 444 g/mol. The molecule has 0 amide bonds. The minimum Gasteiger partial charge on any atom is -0.411 e. The number of benzene rings is 2. The van der Waals surface area contributed by atoms with Crippen molar-refractivity contribution in [1.82, 2.24) is 15.2 Å². The van der Waals surface area contributed by atoms with Crippen molar-refractivity contribution in [2.75, 3.05) is 0 Å². The highest BCUT2D eigenvalue weighted by Crippen LogP contribution is 2.31. The maximum atomic E-state index is 5.76. The van der Waals surface area contributed by atoms with Gasteiger partial charge in [0.25, 0.3) is 5.22 Å². The van der Waals surface area contributed by atoms with Crippen LogP contribution in [0.25, 0.3) is 22.0 Å². The van der Waals surface area contributed by atoms with Gasteiger partial charge in [-0.25, -0.2) is 4.98 Å². The first-order valence-electron chi connectivity index (χ1n) is 7.92. The molecule has 0 radical (unpaired) electrons. The van der Waals surface area contributed by atoms with Gasteiger partial charge in [-0.2, -0.15) is 0 Å². The van der Waals surface area contributed by atoms with Gasteiger partial charge >= 0.3 is 0 Å². The van der Waals surface area contributed by atoms with E-state index in [0.717, 1.165) is 26.3 Å². The van der Waals surface area contributed by atoms with Crippen molar-refractivity contribution in [1.29, 1.82) is 0 Å². The molecule has 4 rings (SSSR count). The number of aryl methyl sites for hydroxylation is 1. The zero-order chi connectivity index (χ0) is 17.9. The van der Waals surface area contributed by atoms with Crippen LogP contribution in [0.15, 0.2) is 68.0 Å². The molecule has 0 saturated heterocycles. The minimum atomic E-state index is 0.513. The summed E-state index contributed by atoms with van der Waals surface area (Å²) in [5.74, 6) is 1.21. The van der Waals surface area contributed by atoms with E-state index in [4.69, 9.17) is 9.40 Å². The second-order valence-corrected chi connectivity index (χ2v) is 8.29. The molecule has 0 aliphatic heterocycles. The summed E-state index contributed by atoms with van der Waals surface area (Å²) in [6.45, 7) is 2.08. The molecule has 0 spiro atoms. The average Bonchev–Trinajstić information content (AvgIpc) is 3.30. The highest BCUT2D eigenvalue weighted by atomic mass is 79.9. The van der Waals surface area contributed by atoms with E-state index in [2.05, 4.69) is 62.7 Å². The molecular weight excluding hydrogens is 430 g/mol. The van der Waals surface area contributed by atoms with Gasteiger partial charge in [-0.3, -0.25) is 0 Å². The number of nitrogens with zero attached hydrogens (tertiary/aromatic N) is 3. The van der Waals surface area contributed by atoms with Crippen molar-refractivity contribution in [2.24, 2.45) is 0 Å². The topological polar surface area (TPSA) is 51.8 Å². The van der Waals surface area contributed by atoms with Gasteiger partial charge in [-0.15, -0.1) is 21.5 Å². The number of aromatic nitrogens is 3. The predicted molar refractivity (Wildman–Crippen MR) is 109 cm³/mol. The van der Waals surface area contributed by atoms with Gasteiger partial charge in [0.1, 0.15) is 5.01 Å². The Hall–Kier alpha value is -1.96. The van der Waals surface area contributed by atoms with Crippen LogP contribution in [0.3, 0.4) is 0 Å². The van der Waals surface area contributed by atoms with Crippen molar-refractivity contribution in [2.45, 2.75) is 17.9 Å². The fourth-order valence-corrected chi connectivity index (χ4v) is 4.39. The Balaban J connectivity index is 1.44. The predicted octanol–water partition coefficient (Wildman–Crippen LogP) is 6.22. The molecule has 0 fully saturated rings. The van der Waals surface area contributed by atoms with Crippen molar-refractivity contribution in [3.63, 3.8) is 0 Å². The molecule has 2 heterocycles. The lowest BCUT2D eigenvalue weighted by atomic mass is 10.2. The van der Waals surface area contributed by atoms with Gasteiger partial charge in [0.2, 0.25) is 5.89 Å². The Bertz CT molecular complexity index is 1030. The summed E-state index contributed by atoms with van der Waals surface area (Å²) >= 11 is 6.65. The van der Waals surface area contributed by atoms with Gasteiger partial charge in [0.05, 0.1) is 11.3 Å². The zero-order valence-electron chi connectivity index (χ0n) is 13.8. The number of hydrogen-bond donors (Lipinski definition) is 0. The van der Waals surface area contributed by atoms with Gasteiger partial charge < -0.3 is 4.42 Å². The normalized spacial score (nSPS) is 11.0. The van der Waals surface area contributed by atoms with Crippen molar-refractivity contribution in [3.8, 4) is 22.0 Å². The van der Waals surface area contributed by atoms with Gasteiger partial charge in [0.15, 0.2) is 0 Å². The van der Waals surface area contributed by atoms with Crippen LogP contribution >= 0.6 is 39.0 Å². The SMILES string of the molecule is Cc1ccc(-c2nc(CSc3nnc(-c4ccccc4Br)o3)cs2)cc1. The van der Waals surface area contributed by atoms with E-state index >= 15 is 0 Å². The number of thioether (sulfide) groups is 1. The summed E-state index contributed by atoms with van der Waals surface area (Å²) in [5, 5.41) is 11.9. The molecule has 7 heteroatoms. The van der Waals surface area contributed by atoms with Crippen LogP contribution in [0.1, 0.15) is 11.3 Å².